The summed E-state index contributed by atoms with van der Waals surface area (Å²) in [6.45, 7) is -0.0230. The molecule has 0 aromatic heterocycles. The van der Waals surface area contributed by atoms with E-state index in [2.05, 4.69) is 10.6 Å². The first-order valence-corrected chi connectivity index (χ1v) is 7.03. The molecule has 0 radical (unpaired) electrons. The molecule has 0 spiro atoms. The third-order valence-corrected chi connectivity index (χ3v) is 3.43. The Kier molecular flexibility index (Phi) is 5.28. The van der Waals surface area contributed by atoms with Crippen LogP contribution in [-0.2, 0) is 4.79 Å². The van der Waals surface area contributed by atoms with Gasteiger partial charge in [0.15, 0.2) is 0 Å². The van der Waals surface area contributed by atoms with Crippen molar-refractivity contribution in [1.29, 1.82) is 0 Å². The molecule has 1 amide bonds. The number of amides is 1. The predicted octanol–water partition coefficient (Wildman–Crippen LogP) is 4.84. The fourth-order valence-electron chi connectivity index (χ4n) is 1.58. The van der Waals surface area contributed by atoms with Gasteiger partial charge in [0.2, 0.25) is 5.91 Å². The van der Waals surface area contributed by atoms with Gasteiger partial charge in [0.25, 0.3) is 0 Å². The van der Waals surface area contributed by atoms with Gasteiger partial charge in [-0.1, -0.05) is 34.8 Å². The number of hydrogen-bond acceptors (Lipinski definition) is 2. The Hall–Kier alpha value is -1.49. The first kappa shape index (κ1) is 15.9. The second-order valence-electron chi connectivity index (χ2n) is 4.15. The molecule has 0 fully saturated rings. The molecule has 0 aliphatic rings. The van der Waals surface area contributed by atoms with E-state index in [9.17, 15) is 9.18 Å². The van der Waals surface area contributed by atoms with E-state index in [0.29, 0.717) is 21.4 Å². The highest BCUT2D eigenvalue weighted by molar-refractivity contribution is 6.35. The highest BCUT2D eigenvalue weighted by atomic mass is 35.5. The van der Waals surface area contributed by atoms with E-state index in [0.717, 1.165) is 0 Å². The first-order valence-electron chi connectivity index (χ1n) is 5.89. The summed E-state index contributed by atoms with van der Waals surface area (Å²) < 4.78 is 13.0. The maximum absolute atomic E-state index is 13.0. The largest absolute Gasteiger partial charge is 0.376 e. The molecule has 0 bridgehead atoms. The van der Waals surface area contributed by atoms with Gasteiger partial charge in [0, 0.05) is 10.7 Å². The fourth-order valence-corrected chi connectivity index (χ4v) is 2.09. The van der Waals surface area contributed by atoms with Gasteiger partial charge < -0.3 is 10.6 Å². The monoisotopic (exact) mass is 346 g/mol. The Bertz CT molecular complexity index is 679. The van der Waals surface area contributed by atoms with Crippen LogP contribution >= 0.6 is 34.8 Å². The minimum absolute atomic E-state index is 0.0155. The van der Waals surface area contributed by atoms with E-state index in [-0.39, 0.29) is 17.5 Å². The summed E-state index contributed by atoms with van der Waals surface area (Å²) in [4.78, 5) is 11.8. The Labute approximate surface area is 136 Å². The van der Waals surface area contributed by atoms with Crippen LogP contribution in [0.15, 0.2) is 36.4 Å². The third-order valence-electron chi connectivity index (χ3n) is 2.58. The van der Waals surface area contributed by atoms with Gasteiger partial charge in [-0.3, -0.25) is 4.79 Å². The van der Waals surface area contributed by atoms with E-state index in [4.69, 9.17) is 34.8 Å². The maximum atomic E-state index is 13.0. The highest BCUT2D eigenvalue weighted by Crippen LogP contribution is 2.25. The van der Waals surface area contributed by atoms with Crippen molar-refractivity contribution in [3.63, 3.8) is 0 Å². The van der Waals surface area contributed by atoms with E-state index in [1.807, 2.05) is 0 Å². The molecule has 110 valence electrons. The number of nitrogens with one attached hydrogen (secondary N) is 2. The van der Waals surface area contributed by atoms with E-state index in [1.165, 1.54) is 18.2 Å². The Balaban J connectivity index is 1.95. The normalized spacial score (nSPS) is 10.3. The van der Waals surface area contributed by atoms with Crippen molar-refractivity contribution >= 4 is 52.1 Å². The van der Waals surface area contributed by atoms with Gasteiger partial charge >= 0.3 is 0 Å². The SMILES string of the molecule is O=C(CNc1ccc(F)c(Cl)c1)Nc1cc(Cl)ccc1Cl. The second-order valence-corrected chi connectivity index (χ2v) is 5.41. The lowest BCUT2D eigenvalue weighted by molar-refractivity contribution is -0.114. The molecule has 0 saturated heterocycles. The number of benzene rings is 2. The summed E-state index contributed by atoms with van der Waals surface area (Å²) in [6.07, 6.45) is 0. The van der Waals surface area contributed by atoms with Crippen LogP contribution in [0.2, 0.25) is 15.1 Å². The number of carbonyl (C=O) groups excluding carboxylic acids is 1. The summed E-state index contributed by atoms with van der Waals surface area (Å²) in [5.74, 6) is -0.836. The molecule has 0 aliphatic carbocycles. The molecule has 0 saturated carbocycles. The van der Waals surface area contributed by atoms with Gasteiger partial charge in [-0.2, -0.15) is 0 Å². The van der Waals surface area contributed by atoms with Crippen molar-refractivity contribution < 1.29 is 9.18 Å². The third kappa shape index (κ3) is 4.49. The number of anilines is 2. The summed E-state index contributed by atoms with van der Waals surface area (Å²) in [5, 5.41) is 6.29. The molecular weight excluding hydrogens is 338 g/mol. The smallest absolute Gasteiger partial charge is 0.243 e. The number of halogens is 4. The minimum Gasteiger partial charge on any atom is -0.376 e. The predicted molar refractivity (Wildman–Crippen MR) is 85.0 cm³/mol. The second kappa shape index (κ2) is 6.98. The topological polar surface area (TPSA) is 41.1 Å². The molecule has 2 rings (SSSR count). The van der Waals surface area contributed by atoms with Gasteiger partial charge in [-0.25, -0.2) is 4.39 Å². The molecule has 3 nitrogen and oxygen atoms in total. The summed E-state index contributed by atoms with van der Waals surface area (Å²) >= 11 is 17.4. The molecule has 7 heteroatoms. The van der Waals surface area contributed by atoms with Crippen LogP contribution in [0.25, 0.3) is 0 Å². The molecule has 0 aliphatic heterocycles. The van der Waals surface area contributed by atoms with Crippen LogP contribution in [0.4, 0.5) is 15.8 Å². The van der Waals surface area contributed by atoms with Crippen molar-refractivity contribution in [2.75, 3.05) is 17.2 Å². The summed E-state index contributed by atoms with van der Waals surface area (Å²) in [7, 11) is 0. The molecule has 0 atom stereocenters. The molecular formula is C14H10Cl3FN2O. The Morgan fingerprint density at radius 1 is 1.05 bits per heavy atom. The number of hydrogen-bond donors (Lipinski definition) is 2. The molecule has 21 heavy (non-hydrogen) atoms. The molecule has 2 aromatic rings. The zero-order valence-electron chi connectivity index (χ0n) is 10.6. The number of rotatable bonds is 4. The summed E-state index contributed by atoms with van der Waals surface area (Å²) in [5.41, 5.74) is 0.960. The van der Waals surface area contributed by atoms with Crippen LogP contribution in [0, 0.1) is 5.82 Å². The molecule has 2 N–H and O–H groups in total. The first-order chi connectivity index (χ1) is 9.95. The van der Waals surface area contributed by atoms with Gasteiger partial charge in [-0.05, 0) is 36.4 Å². The maximum Gasteiger partial charge on any atom is 0.243 e. The van der Waals surface area contributed by atoms with Crippen LogP contribution in [0.3, 0.4) is 0 Å². The lowest BCUT2D eigenvalue weighted by Gasteiger charge is -2.09. The quantitative estimate of drug-likeness (QED) is 0.831. The molecule has 2 aromatic carbocycles. The van der Waals surface area contributed by atoms with Gasteiger partial charge in [0.1, 0.15) is 5.82 Å². The fraction of sp³-hybridized carbons (Fsp3) is 0.0714. The average molecular weight is 348 g/mol. The Morgan fingerprint density at radius 2 is 1.81 bits per heavy atom. The standard InChI is InChI=1S/C14H10Cl3FN2O/c15-8-1-3-10(16)13(5-8)20-14(21)7-19-9-2-4-12(18)11(17)6-9/h1-6,19H,7H2,(H,20,21). The molecule has 0 unspecified atom stereocenters. The zero-order valence-corrected chi connectivity index (χ0v) is 12.9. The van der Waals surface area contributed by atoms with Crippen molar-refractivity contribution in [2.45, 2.75) is 0 Å². The van der Waals surface area contributed by atoms with E-state index >= 15 is 0 Å². The molecule has 0 heterocycles. The van der Waals surface area contributed by atoms with Gasteiger partial charge in [0.05, 0.1) is 22.3 Å². The van der Waals surface area contributed by atoms with Crippen molar-refractivity contribution in [2.24, 2.45) is 0 Å². The van der Waals surface area contributed by atoms with E-state index in [1.54, 1.807) is 18.2 Å². The van der Waals surface area contributed by atoms with Crippen molar-refractivity contribution in [1.82, 2.24) is 0 Å². The average Bonchev–Trinajstić information content (AvgIpc) is 2.44. The highest BCUT2D eigenvalue weighted by Gasteiger charge is 2.07. The van der Waals surface area contributed by atoms with Crippen molar-refractivity contribution in [3.8, 4) is 0 Å². The lowest BCUT2D eigenvalue weighted by Crippen LogP contribution is -2.21. The minimum atomic E-state index is -0.516. The van der Waals surface area contributed by atoms with E-state index < -0.39 is 5.82 Å². The summed E-state index contributed by atoms with van der Waals surface area (Å²) in [6, 6.07) is 8.87. The van der Waals surface area contributed by atoms with Crippen LogP contribution in [0.1, 0.15) is 0 Å². The lowest BCUT2D eigenvalue weighted by atomic mass is 10.3. The number of carbonyl (C=O) groups is 1. The van der Waals surface area contributed by atoms with Crippen LogP contribution in [-0.4, -0.2) is 12.5 Å². The van der Waals surface area contributed by atoms with Crippen LogP contribution < -0.4 is 10.6 Å². The van der Waals surface area contributed by atoms with Crippen LogP contribution in [0.5, 0.6) is 0 Å². The zero-order chi connectivity index (χ0) is 15.4. The van der Waals surface area contributed by atoms with Crippen molar-refractivity contribution in [3.05, 3.63) is 57.3 Å². The van der Waals surface area contributed by atoms with Gasteiger partial charge in [-0.15, -0.1) is 0 Å². The Morgan fingerprint density at radius 3 is 2.52 bits per heavy atom.